The Hall–Kier alpha value is -0.700. The van der Waals surface area contributed by atoms with E-state index in [4.69, 9.17) is 4.74 Å². The molecular weight excluding hydrogens is 276 g/mol. The highest BCUT2D eigenvalue weighted by molar-refractivity contribution is 5.87. The van der Waals surface area contributed by atoms with Crippen LogP contribution in [0.15, 0.2) is 0 Å². The molecule has 0 amide bonds. The monoisotopic (exact) mass is 304 g/mol. The predicted octanol–water partition coefficient (Wildman–Crippen LogP) is 3.55. The summed E-state index contributed by atoms with van der Waals surface area (Å²) < 4.78 is 6.36. The van der Waals surface area contributed by atoms with Crippen LogP contribution in [-0.4, -0.2) is 24.3 Å². The molecule has 0 radical (unpaired) electrons. The van der Waals surface area contributed by atoms with Crippen molar-refractivity contribution in [1.29, 1.82) is 0 Å². The van der Waals surface area contributed by atoms with E-state index < -0.39 is 0 Å². The zero-order chi connectivity index (χ0) is 15.5. The molecule has 22 heavy (non-hydrogen) atoms. The van der Waals surface area contributed by atoms with Gasteiger partial charge in [0, 0.05) is 31.3 Å². The largest absolute Gasteiger partial charge is 0.378 e. The van der Waals surface area contributed by atoms with E-state index in [2.05, 4.69) is 13.8 Å². The summed E-state index contributed by atoms with van der Waals surface area (Å²) in [7, 11) is 0. The molecular formula is C19H28O3. The van der Waals surface area contributed by atoms with Crippen molar-refractivity contribution in [2.45, 2.75) is 71.3 Å². The van der Waals surface area contributed by atoms with Crippen LogP contribution >= 0.6 is 0 Å². The first-order chi connectivity index (χ1) is 10.4. The van der Waals surface area contributed by atoms with E-state index in [0.29, 0.717) is 29.3 Å². The minimum absolute atomic E-state index is 0.137. The van der Waals surface area contributed by atoms with Crippen LogP contribution in [0.3, 0.4) is 0 Å². The first-order valence-corrected chi connectivity index (χ1v) is 9.12. The van der Waals surface area contributed by atoms with Crippen LogP contribution in [0.4, 0.5) is 0 Å². The van der Waals surface area contributed by atoms with Crippen LogP contribution in [-0.2, 0) is 14.3 Å². The molecule has 4 fully saturated rings. The minimum atomic E-state index is -0.137. The van der Waals surface area contributed by atoms with Crippen molar-refractivity contribution in [2.75, 3.05) is 6.61 Å². The molecule has 0 bridgehead atoms. The molecule has 3 saturated carbocycles. The highest BCUT2D eigenvalue weighted by atomic mass is 16.5. The Labute approximate surface area is 133 Å². The summed E-state index contributed by atoms with van der Waals surface area (Å²) >= 11 is 0. The fraction of sp³-hybridized carbons (Fsp3) is 0.895. The Morgan fingerprint density at radius 1 is 1.00 bits per heavy atom. The third-order valence-electron chi connectivity index (χ3n) is 7.88. The van der Waals surface area contributed by atoms with Gasteiger partial charge in [0.15, 0.2) is 0 Å². The Bertz CT molecular complexity index is 513. The molecule has 122 valence electrons. The Morgan fingerprint density at radius 3 is 2.64 bits per heavy atom. The molecule has 3 heteroatoms. The van der Waals surface area contributed by atoms with Gasteiger partial charge in [-0.05, 0) is 55.3 Å². The average Bonchev–Trinajstić information content (AvgIpc) is 2.70. The maximum absolute atomic E-state index is 12.4. The highest BCUT2D eigenvalue weighted by Gasteiger charge is 2.59. The van der Waals surface area contributed by atoms with E-state index in [1.807, 2.05) is 0 Å². The summed E-state index contributed by atoms with van der Waals surface area (Å²) in [4.78, 5) is 24.3. The lowest BCUT2D eigenvalue weighted by Gasteiger charge is -2.53. The predicted molar refractivity (Wildman–Crippen MR) is 83.4 cm³/mol. The standard InChI is InChI=1S/C19H28O3/c1-18-8-5-13(20)11-12(18)7-10-22-17-14-3-4-16(21)19(14,2)9-6-15(17)18/h12,14-15,17H,3-11H2,1-2H3/t12?,14-,15-,17-,18-,19-/m0/s1. The van der Waals surface area contributed by atoms with Gasteiger partial charge in [-0.1, -0.05) is 13.8 Å². The fourth-order valence-electron chi connectivity index (χ4n) is 6.28. The van der Waals surface area contributed by atoms with Crippen molar-refractivity contribution in [3.05, 3.63) is 0 Å². The number of ether oxygens (including phenoxy) is 1. The summed E-state index contributed by atoms with van der Waals surface area (Å²) in [6.45, 7) is 5.37. The number of carbonyl (C=O) groups excluding carboxylic acids is 2. The second-order valence-corrected chi connectivity index (χ2v) is 8.70. The van der Waals surface area contributed by atoms with Gasteiger partial charge in [-0.25, -0.2) is 0 Å². The van der Waals surface area contributed by atoms with Crippen molar-refractivity contribution in [3.8, 4) is 0 Å². The van der Waals surface area contributed by atoms with Crippen molar-refractivity contribution in [1.82, 2.24) is 0 Å². The van der Waals surface area contributed by atoms with Gasteiger partial charge in [0.05, 0.1) is 6.10 Å². The average molecular weight is 304 g/mol. The molecule has 6 atom stereocenters. The number of carbonyl (C=O) groups is 2. The van der Waals surface area contributed by atoms with E-state index in [0.717, 1.165) is 58.0 Å². The lowest BCUT2D eigenvalue weighted by atomic mass is 9.52. The van der Waals surface area contributed by atoms with Gasteiger partial charge < -0.3 is 4.74 Å². The normalized spacial score (nSPS) is 51.7. The Balaban J connectivity index is 1.68. The lowest BCUT2D eigenvalue weighted by molar-refractivity contribution is -0.144. The summed E-state index contributed by atoms with van der Waals surface area (Å²) in [5, 5.41) is 0. The molecule has 0 aromatic rings. The van der Waals surface area contributed by atoms with Gasteiger partial charge in [-0.2, -0.15) is 0 Å². The number of Topliss-reactive ketones (excluding diaryl/α,β-unsaturated/α-hetero) is 2. The van der Waals surface area contributed by atoms with Crippen molar-refractivity contribution < 1.29 is 14.3 Å². The third-order valence-corrected chi connectivity index (χ3v) is 7.88. The van der Waals surface area contributed by atoms with Crippen LogP contribution in [0.25, 0.3) is 0 Å². The molecule has 1 saturated heterocycles. The molecule has 0 aromatic heterocycles. The first-order valence-electron chi connectivity index (χ1n) is 9.12. The molecule has 4 rings (SSSR count). The number of hydrogen-bond acceptors (Lipinski definition) is 3. The van der Waals surface area contributed by atoms with Crippen LogP contribution in [0, 0.1) is 28.6 Å². The summed E-state index contributed by atoms with van der Waals surface area (Å²) in [6.07, 6.45) is 7.67. The van der Waals surface area contributed by atoms with Gasteiger partial charge in [0.25, 0.3) is 0 Å². The molecule has 1 aliphatic heterocycles. The van der Waals surface area contributed by atoms with Gasteiger partial charge in [0.1, 0.15) is 11.6 Å². The summed E-state index contributed by atoms with van der Waals surface area (Å²) in [5.41, 5.74) is 0.101. The van der Waals surface area contributed by atoms with E-state index in [1.54, 1.807) is 0 Å². The van der Waals surface area contributed by atoms with Crippen LogP contribution in [0.5, 0.6) is 0 Å². The fourth-order valence-corrected chi connectivity index (χ4v) is 6.28. The number of rotatable bonds is 0. The highest BCUT2D eigenvalue weighted by Crippen LogP contribution is 2.60. The van der Waals surface area contributed by atoms with E-state index >= 15 is 0 Å². The summed E-state index contributed by atoms with van der Waals surface area (Å²) in [6, 6.07) is 0. The van der Waals surface area contributed by atoms with E-state index in [9.17, 15) is 9.59 Å². The van der Waals surface area contributed by atoms with Gasteiger partial charge >= 0.3 is 0 Å². The van der Waals surface area contributed by atoms with Crippen LogP contribution < -0.4 is 0 Å². The van der Waals surface area contributed by atoms with Gasteiger partial charge in [0.2, 0.25) is 0 Å². The van der Waals surface area contributed by atoms with Crippen LogP contribution in [0.1, 0.15) is 65.2 Å². The smallest absolute Gasteiger partial charge is 0.139 e. The molecule has 1 heterocycles. The molecule has 1 unspecified atom stereocenters. The maximum atomic E-state index is 12.4. The Morgan fingerprint density at radius 2 is 1.82 bits per heavy atom. The third kappa shape index (κ3) is 1.90. The van der Waals surface area contributed by atoms with Crippen molar-refractivity contribution in [2.24, 2.45) is 28.6 Å². The molecule has 4 aliphatic rings. The molecule has 0 N–H and O–H groups in total. The Kier molecular flexibility index (Phi) is 3.31. The van der Waals surface area contributed by atoms with Crippen LogP contribution in [0.2, 0.25) is 0 Å². The van der Waals surface area contributed by atoms with E-state index in [1.165, 1.54) is 0 Å². The first kappa shape index (κ1) is 14.9. The number of ketones is 2. The van der Waals surface area contributed by atoms with Crippen molar-refractivity contribution >= 4 is 11.6 Å². The topological polar surface area (TPSA) is 43.4 Å². The molecule has 0 aromatic carbocycles. The molecule has 0 spiro atoms. The maximum Gasteiger partial charge on any atom is 0.139 e. The quantitative estimate of drug-likeness (QED) is 0.687. The zero-order valence-electron chi connectivity index (χ0n) is 13.9. The van der Waals surface area contributed by atoms with Gasteiger partial charge in [-0.3, -0.25) is 9.59 Å². The van der Waals surface area contributed by atoms with Gasteiger partial charge in [-0.15, -0.1) is 0 Å². The van der Waals surface area contributed by atoms with E-state index in [-0.39, 0.29) is 16.9 Å². The zero-order valence-corrected chi connectivity index (χ0v) is 13.9. The molecule has 3 aliphatic carbocycles. The summed E-state index contributed by atoms with van der Waals surface area (Å²) in [5.74, 6) is 2.34. The minimum Gasteiger partial charge on any atom is -0.378 e. The number of fused-ring (bicyclic) bond motifs is 5. The number of hydrogen-bond donors (Lipinski definition) is 0. The second kappa shape index (κ2) is 4.90. The SMILES string of the molecule is C[C@]12CCC(=O)CC1CCO[C@@H]1[C@@H]2CC[C@]2(C)C(=O)CC[C@@H]12. The molecule has 3 nitrogen and oxygen atoms in total. The lowest BCUT2D eigenvalue weighted by Crippen LogP contribution is -2.52. The van der Waals surface area contributed by atoms with Crippen molar-refractivity contribution in [3.63, 3.8) is 0 Å². The second-order valence-electron chi connectivity index (χ2n) is 8.70.